The zero-order chi connectivity index (χ0) is 19.0. The van der Waals surface area contributed by atoms with E-state index in [9.17, 15) is 4.79 Å². The molecule has 1 N–H and O–H groups in total. The average Bonchev–Trinajstić information content (AvgIpc) is 3.11. The number of anilines is 1. The van der Waals surface area contributed by atoms with Gasteiger partial charge in [0.1, 0.15) is 5.82 Å². The number of aromatic nitrogens is 4. The van der Waals surface area contributed by atoms with Crippen molar-refractivity contribution in [2.24, 2.45) is 13.0 Å². The van der Waals surface area contributed by atoms with Crippen LogP contribution in [0.2, 0.25) is 0 Å². The van der Waals surface area contributed by atoms with E-state index in [1.807, 2.05) is 25.4 Å². The van der Waals surface area contributed by atoms with E-state index < -0.39 is 0 Å². The summed E-state index contributed by atoms with van der Waals surface area (Å²) >= 11 is 0. The minimum atomic E-state index is -0.0631. The minimum Gasteiger partial charge on any atom is -0.310 e. The van der Waals surface area contributed by atoms with E-state index in [1.165, 1.54) is 0 Å². The summed E-state index contributed by atoms with van der Waals surface area (Å²) in [6.07, 6.45) is 6.92. The highest BCUT2D eigenvalue weighted by atomic mass is 16.1. The lowest BCUT2D eigenvalue weighted by atomic mass is 9.96. The first-order valence-corrected chi connectivity index (χ1v) is 8.76. The fourth-order valence-electron chi connectivity index (χ4n) is 3.22. The summed E-state index contributed by atoms with van der Waals surface area (Å²) in [6, 6.07) is 3.91. The number of pyridine rings is 2. The Morgan fingerprint density at radius 3 is 2.81 bits per heavy atom. The first-order valence-electron chi connectivity index (χ1n) is 9.26. The van der Waals surface area contributed by atoms with E-state index in [0.29, 0.717) is 5.52 Å². The molecular weight excluding hydrogens is 328 g/mol. The Hall–Kier alpha value is -2.80. The molecule has 0 spiro atoms. The molecule has 0 radical (unpaired) electrons. The van der Waals surface area contributed by atoms with Crippen molar-refractivity contribution < 1.29 is 6.17 Å². The van der Waals surface area contributed by atoms with Crippen LogP contribution in [0.25, 0.3) is 22.2 Å². The van der Waals surface area contributed by atoms with Gasteiger partial charge in [-0.2, -0.15) is 5.10 Å². The van der Waals surface area contributed by atoms with Gasteiger partial charge in [-0.3, -0.25) is 9.48 Å². The Balaban J connectivity index is 1.61. The second-order valence-electron chi connectivity index (χ2n) is 6.84. The van der Waals surface area contributed by atoms with Gasteiger partial charge in [0.05, 0.1) is 18.8 Å². The number of piperidine rings is 1. The summed E-state index contributed by atoms with van der Waals surface area (Å²) in [6.45, 7) is 1.82. The van der Waals surface area contributed by atoms with Gasteiger partial charge in [0, 0.05) is 42.4 Å². The van der Waals surface area contributed by atoms with E-state index in [4.69, 9.17) is 1.37 Å². The molecule has 0 atom stereocenters. The number of carbonyl (C=O) groups excluding carboxylic acids is 1. The molecular formula is C19H22N6O. The van der Waals surface area contributed by atoms with Crippen LogP contribution in [0.15, 0.2) is 36.8 Å². The molecule has 4 rings (SSSR count). The third-order valence-electron chi connectivity index (χ3n) is 4.83. The second-order valence-corrected chi connectivity index (χ2v) is 6.84. The summed E-state index contributed by atoms with van der Waals surface area (Å²) in [4.78, 5) is 23.7. The topological polar surface area (TPSA) is 75.9 Å². The lowest BCUT2D eigenvalue weighted by Gasteiger charge is -2.27. The van der Waals surface area contributed by atoms with Crippen molar-refractivity contribution in [3.05, 3.63) is 36.8 Å². The number of rotatable bonds is 3. The molecule has 134 valence electrons. The zero-order valence-corrected chi connectivity index (χ0v) is 14.9. The predicted octanol–water partition coefficient (Wildman–Crippen LogP) is 2.31. The van der Waals surface area contributed by atoms with Gasteiger partial charge in [0.15, 0.2) is 0 Å². The number of amides is 1. The smallest absolute Gasteiger partial charge is 0.228 e. The number of nitrogens with zero attached hydrogens (tertiary/aromatic N) is 5. The molecule has 4 heterocycles. The second kappa shape index (κ2) is 6.84. The lowest BCUT2D eigenvalue weighted by Crippen LogP contribution is -2.36. The van der Waals surface area contributed by atoms with Gasteiger partial charge >= 0.3 is 0 Å². The highest BCUT2D eigenvalue weighted by Gasteiger charge is 2.23. The first-order chi connectivity index (χ1) is 13.0. The first kappa shape index (κ1) is 15.5. The molecule has 3 aromatic heterocycles. The van der Waals surface area contributed by atoms with Crippen LogP contribution in [0.5, 0.6) is 0 Å². The van der Waals surface area contributed by atoms with Crippen molar-refractivity contribution in [3.8, 4) is 11.3 Å². The third-order valence-corrected chi connectivity index (χ3v) is 4.83. The van der Waals surface area contributed by atoms with Crippen LogP contribution < -0.4 is 5.32 Å². The van der Waals surface area contributed by atoms with Gasteiger partial charge < -0.3 is 10.2 Å². The summed E-state index contributed by atoms with van der Waals surface area (Å²) in [5.41, 5.74) is 2.14. The number of fused-ring (bicyclic) bond motifs is 1. The van der Waals surface area contributed by atoms with E-state index >= 15 is 0 Å². The van der Waals surface area contributed by atoms with Gasteiger partial charge in [-0.1, -0.05) is 0 Å². The maximum atomic E-state index is 12.6. The molecule has 0 aliphatic carbocycles. The van der Waals surface area contributed by atoms with Gasteiger partial charge in [-0.25, -0.2) is 9.97 Å². The Labute approximate surface area is 153 Å². The highest BCUT2D eigenvalue weighted by molar-refractivity contribution is 5.93. The molecule has 1 aliphatic heterocycles. The van der Waals surface area contributed by atoms with Gasteiger partial charge in [-0.05, 0) is 45.1 Å². The van der Waals surface area contributed by atoms with Crippen LogP contribution in [0.1, 0.15) is 14.2 Å². The van der Waals surface area contributed by atoms with E-state index in [-0.39, 0.29) is 23.7 Å². The van der Waals surface area contributed by atoms with Crippen LogP contribution >= 0.6 is 0 Å². The Bertz CT molecular complexity index is 993. The monoisotopic (exact) mass is 351 g/mol. The molecule has 1 fully saturated rings. The third kappa shape index (κ3) is 3.43. The van der Waals surface area contributed by atoms with Gasteiger partial charge in [-0.15, -0.1) is 0 Å². The fourth-order valence-corrected chi connectivity index (χ4v) is 3.22. The number of carbonyl (C=O) groups is 1. The standard InChI is InChI=1S/C19H22N6O/c1-24-7-5-13(6-8-24)19(26)23-18-9-17-14(10-20-18)3-4-16(22-17)15-11-21-25(2)12-15/h3-4,9-13H,5-8H2,1-2H3,(H,20,23,26)/i9D. The van der Waals surface area contributed by atoms with Crippen LogP contribution in [-0.4, -0.2) is 50.7 Å². The van der Waals surface area contributed by atoms with Crippen LogP contribution in [0.4, 0.5) is 5.82 Å². The van der Waals surface area contributed by atoms with Crippen molar-refractivity contribution in [1.29, 1.82) is 0 Å². The van der Waals surface area contributed by atoms with Crippen molar-refractivity contribution in [2.75, 3.05) is 25.5 Å². The molecule has 1 amide bonds. The number of likely N-dealkylation sites (tertiary alicyclic amines) is 1. The summed E-state index contributed by atoms with van der Waals surface area (Å²) in [5.74, 6) is 0.168. The highest BCUT2D eigenvalue weighted by Crippen LogP contribution is 2.23. The minimum absolute atomic E-state index is 0.0345. The normalized spacial score (nSPS) is 16.6. The van der Waals surface area contributed by atoms with Crippen LogP contribution in [-0.2, 0) is 11.8 Å². The maximum Gasteiger partial charge on any atom is 0.228 e. The summed E-state index contributed by atoms with van der Waals surface area (Å²) in [7, 11) is 3.91. The molecule has 0 aromatic carbocycles. The SMILES string of the molecule is [2H]c1c(NC(=O)C2CCN(C)CC2)ncc2ccc(-c3cnn(C)c3)nc12. The van der Waals surface area contributed by atoms with Crippen molar-refractivity contribution in [1.82, 2.24) is 24.6 Å². The van der Waals surface area contributed by atoms with E-state index in [0.717, 1.165) is 42.6 Å². The number of hydrogen-bond donors (Lipinski definition) is 1. The molecule has 7 heteroatoms. The molecule has 1 aliphatic rings. The predicted molar refractivity (Wildman–Crippen MR) is 101 cm³/mol. The van der Waals surface area contributed by atoms with Gasteiger partial charge in [0.25, 0.3) is 0 Å². The van der Waals surface area contributed by atoms with Crippen molar-refractivity contribution in [2.45, 2.75) is 12.8 Å². The fraction of sp³-hybridized carbons (Fsp3) is 0.368. The van der Waals surface area contributed by atoms with E-state index in [1.54, 1.807) is 17.1 Å². The molecule has 1 saturated heterocycles. The quantitative estimate of drug-likeness (QED) is 0.784. The molecule has 3 aromatic rings. The van der Waals surface area contributed by atoms with Crippen molar-refractivity contribution in [3.63, 3.8) is 0 Å². The Morgan fingerprint density at radius 2 is 2.08 bits per heavy atom. The van der Waals surface area contributed by atoms with Crippen LogP contribution in [0, 0.1) is 5.92 Å². The zero-order valence-electron chi connectivity index (χ0n) is 15.9. The van der Waals surface area contributed by atoms with Gasteiger partial charge in [0.2, 0.25) is 5.91 Å². The summed E-state index contributed by atoms with van der Waals surface area (Å²) < 4.78 is 10.2. The molecule has 26 heavy (non-hydrogen) atoms. The maximum absolute atomic E-state index is 12.6. The van der Waals surface area contributed by atoms with E-state index in [2.05, 4.69) is 32.3 Å². The molecule has 7 nitrogen and oxygen atoms in total. The summed E-state index contributed by atoms with van der Waals surface area (Å²) in [5, 5.41) is 7.77. The lowest BCUT2D eigenvalue weighted by molar-refractivity contribution is -0.121. The van der Waals surface area contributed by atoms with Crippen molar-refractivity contribution >= 4 is 22.6 Å². The molecule has 0 saturated carbocycles. The largest absolute Gasteiger partial charge is 0.310 e. The van der Waals surface area contributed by atoms with Crippen LogP contribution in [0.3, 0.4) is 0 Å². The number of aryl methyl sites for hydroxylation is 1. The average molecular weight is 351 g/mol. The Kier molecular flexibility index (Phi) is 4.06. The number of hydrogen-bond acceptors (Lipinski definition) is 5. The Morgan fingerprint density at radius 1 is 1.27 bits per heavy atom. The number of nitrogens with one attached hydrogen (secondary N) is 1. The molecule has 0 unspecified atom stereocenters. The molecule has 0 bridgehead atoms.